The van der Waals surface area contributed by atoms with E-state index < -0.39 is 5.97 Å². The fraction of sp³-hybridized carbons (Fsp3) is 0. The van der Waals surface area contributed by atoms with Gasteiger partial charge in [-0.3, -0.25) is 5.10 Å². The lowest BCUT2D eigenvalue weighted by Crippen LogP contribution is -2.17. The van der Waals surface area contributed by atoms with E-state index >= 15 is 0 Å². The number of nitrogens with one attached hydrogen (secondary N) is 2. The number of rotatable bonds is 2. The van der Waals surface area contributed by atoms with Gasteiger partial charge in [0.2, 0.25) is 0 Å². The van der Waals surface area contributed by atoms with E-state index in [1.165, 1.54) is 0 Å². The minimum Gasteiger partial charge on any atom is -0.478 e. The highest BCUT2D eigenvalue weighted by atomic mass is 16.4. The summed E-state index contributed by atoms with van der Waals surface area (Å²) < 4.78 is 0. The zero-order valence-electron chi connectivity index (χ0n) is 11.8. The molecule has 112 valence electrons. The summed E-state index contributed by atoms with van der Waals surface area (Å²) in [7, 11) is 0. The van der Waals surface area contributed by atoms with Gasteiger partial charge in [0.1, 0.15) is 5.84 Å². The van der Waals surface area contributed by atoms with E-state index in [-0.39, 0.29) is 5.56 Å². The Hall–Kier alpha value is -3.48. The van der Waals surface area contributed by atoms with E-state index in [0.29, 0.717) is 17.2 Å². The number of nitrogens with zero attached hydrogens (tertiary/aromatic N) is 3. The SMILES string of the molecule is O=C(O)c1ccccc1C1=Nc2ncccc2-c2[nH]ncc2N1. The van der Waals surface area contributed by atoms with E-state index in [0.717, 1.165) is 16.9 Å². The van der Waals surface area contributed by atoms with Crippen molar-refractivity contribution < 1.29 is 9.90 Å². The molecule has 0 saturated heterocycles. The standard InChI is InChI=1S/C16H11N5O2/c22-16(23)10-5-2-1-4-9(10)15-19-12-8-18-21-13(12)11-6-3-7-17-14(11)20-15/h1-8H,(H,18,21)(H,22,23)(H,17,19,20). The summed E-state index contributed by atoms with van der Waals surface area (Å²) in [6.45, 7) is 0. The minimum atomic E-state index is -1.01. The van der Waals surface area contributed by atoms with Crippen LogP contribution in [0.4, 0.5) is 11.5 Å². The molecule has 0 saturated carbocycles. The number of carboxylic acids is 1. The van der Waals surface area contributed by atoms with Gasteiger partial charge in [0.25, 0.3) is 0 Å². The second kappa shape index (κ2) is 5.06. The zero-order valence-corrected chi connectivity index (χ0v) is 11.8. The largest absolute Gasteiger partial charge is 0.478 e. The number of fused-ring (bicyclic) bond motifs is 3. The first kappa shape index (κ1) is 13.2. The number of carboxylic acid groups (broad SMARTS) is 1. The van der Waals surface area contributed by atoms with Crippen LogP contribution in [-0.4, -0.2) is 32.1 Å². The molecular formula is C16H11N5O2. The normalized spacial score (nSPS) is 12.4. The van der Waals surface area contributed by atoms with Crippen LogP contribution in [0, 0.1) is 0 Å². The summed E-state index contributed by atoms with van der Waals surface area (Å²) in [4.78, 5) is 20.3. The molecule has 23 heavy (non-hydrogen) atoms. The van der Waals surface area contributed by atoms with Crippen molar-refractivity contribution in [3.8, 4) is 11.3 Å². The monoisotopic (exact) mass is 305 g/mol. The second-order valence-electron chi connectivity index (χ2n) is 4.97. The van der Waals surface area contributed by atoms with Gasteiger partial charge in [-0.1, -0.05) is 18.2 Å². The molecule has 2 aromatic heterocycles. The summed E-state index contributed by atoms with van der Waals surface area (Å²) in [5.41, 5.74) is 2.94. The Bertz CT molecular complexity index is 945. The first-order chi connectivity index (χ1) is 11.2. The van der Waals surface area contributed by atoms with Crippen molar-refractivity contribution in [2.24, 2.45) is 4.99 Å². The van der Waals surface area contributed by atoms with Gasteiger partial charge in [0, 0.05) is 17.3 Å². The number of carbonyl (C=O) groups is 1. The van der Waals surface area contributed by atoms with Crippen LogP contribution in [0.1, 0.15) is 15.9 Å². The molecule has 0 aliphatic carbocycles. The Labute approximate surface area is 130 Å². The molecule has 3 aromatic rings. The van der Waals surface area contributed by atoms with Crippen molar-refractivity contribution in [2.45, 2.75) is 0 Å². The number of benzene rings is 1. The summed E-state index contributed by atoms with van der Waals surface area (Å²) in [6.07, 6.45) is 3.28. The summed E-state index contributed by atoms with van der Waals surface area (Å²) in [5.74, 6) is -0.0932. The van der Waals surface area contributed by atoms with Crippen LogP contribution in [0.3, 0.4) is 0 Å². The van der Waals surface area contributed by atoms with Crippen molar-refractivity contribution >= 4 is 23.3 Å². The number of aromatic nitrogens is 3. The first-order valence-electron chi connectivity index (χ1n) is 6.91. The molecular weight excluding hydrogens is 294 g/mol. The van der Waals surface area contributed by atoms with Crippen LogP contribution in [0.15, 0.2) is 53.8 Å². The van der Waals surface area contributed by atoms with Crippen molar-refractivity contribution in [3.05, 3.63) is 59.9 Å². The fourth-order valence-corrected chi connectivity index (χ4v) is 2.53. The summed E-state index contributed by atoms with van der Waals surface area (Å²) >= 11 is 0. The number of pyridine rings is 1. The number of aromatic amines is 1. The third kappa shape index (κ3) is 2.15. The topological polar surface area (TPSA) is 103 Å². The van der Waals surface area contributed by atoms with E-state index in [4.69, 9.17) is 0 Å². The van der Waals surface area contributed by atoms with Gasteiger partial charge in [0.15, 0.2) is 5.82 Å². The third-order valence-electron chi connectivity index (χ3n) is 3.58. The Morgan fingerprint density at radius 1 is 1.09 bits per heavy atom. The molecule has 7 heteroatoms. The van der Waals surface area contributed by atoms with Gasteiger partial charge in [-0.2, -0.15) is 5.10 Å². The Morgan fingerprint density at radius 2 is 1.91 bits per heavy atom. The summed E-state index contributed by atoms with van der Waals surface area (Å²) in [6, 6.07) is 10.4. The molecule has 1 aliphatic rings. The maximum atomic E-state index is 11.5. The molecule has 1 aromatic carbocycles. The minimum absolute atomic E-state index is 0.170. The molecule has 0 unspecified atom stereocenters. The van der Waals surface area contributed by atoms with E-state index in [1.807, 2.05) is 12.1 Å². The predicted molar refractivity (Wildman–Crippen MR) is 85.0 cm³/mol. The van der Waals surface area contributed by atoms with Crippen molar-refractivity contribution in [2.75, 3.05) is 5.32 Å². The number of H-pyrrole nitrogens is 1. The Balaban J connectivity index is 1.96. The van der Waals surface area contributed by atoms with Gasteiger partial charge in [0.05, 0.1) is 23.1 Å². The molecule has 0 spiro atoms. The molecule has 0 atom stereocenters. The average Bonchev–Trinajstić information content (AvgIpc) is 2.97. The number of hydrogen-bond donors (Lipinski definition) is 3. The molecule has 4 rings (SSSR count). The van der Waals surface area contributed by atoms with Crippen molar-refractivity contribution in [1.29, 1.82) is 0 Å². The molecule has 1 aliphatic heterocycles. The van der Waals surface area contributed by atoms with Crippen LogP contribution in [0.5, 0.6) is 0 Å². The van der Waals surface area contributed by atoms with Crippen LogP contribution >= 0.6 is 0 Å². The molecule has 0 radical (unpaired) electrons. The molecule has 3 heterocycles. The maximum Gasteiger partial charge on any atom is 0.336 e. The highest BCUT2D eigenvalue weighted by molar-refractivity contribution is 6.16. The number of aliphatic imine (C=N–C) groups is 1. The zero-order chi connectivity index (χ0) is 15.8. The summed E-state index contributed by atoms with van der Waals surface area (Å²) in [5, 5.41) is 19.5. The predicted octanol–water partition coefficient (Wildman–Crippen LogP) is 2.67. The third-order valence-corrected chi connectivity index (χ3v) is 3.58. The van der Waals surface area contributed by atoms with E-state index in [1.54, 1.807) is 36.7 Å². The van der Waals surface area contributed by atoms with E-state index in [2.05, 4.69) is 25.5 Å². The van der Waals surface area contributed by atoms with E-state index in [9.17, 15) is 9.90 Å². The van der Waals surface area contributed by atoms with Gasteiger partial charge < -0.3 is 10.4 Å². The highest BCUT2D eigenvalue weighted by Crippen LogP contribution is 2.35. The molecule has 7 nitrogen and oxygen atoms in total. The first-order valence-corrected chi connectivity index (χ1v) is 6.91. The average molecular weight is 305 g/mol. The lowest BCUT2D eigenvalue weighted by Gasteiger charge is -2.09. The molecule has 0 amide bonds. The lowest BCUT2D eigenvalue weighted by molar-refractivity contribution is 0.0696. The van der Waals surface area contributed by atoms with Crippen LogP contribution < -0.4 is 5.32 Å². The van der Waals surface area contributed by atoms with Gasteiger partial charge in [-0.05, 0) is 18.2 Å². The number of anilines is 1. The van der Waals surface area contributed by atoms with Crippen molar-refractivity contribution in [3.63, 3.8) is 0 Å². The number of amidine groups is 1. The smallest absolute Gasteiger partial charge is 0.336 e. The Kier molecular flexibility index (Phi) is 2.90. The van der Waals surface area contributed by atoms with Gasteiger partial charge in [-0.25, -0.2) is 14.8 Å². The van der Waals surface area contributed by atoms with Crippen LogP contribution in [0.2, 0.25) is 0 Å². The Morgan fingerprint density at radius 3 is 2.78 bits per heavy atom. The van der Waals surface area contributed by atoms with Crippen LogP contribution in [-0.2, 0) is 0 Å². The quantitative estimate of drug-likeness (QED) is 0.675. The number of hydrogen-bond acceptors (Lipinski definition) is 5. The fourth-order valence-electron chi connectivity index (χ4n) is 2.53. The number of aromatic carboxylic acids is 1. The lowest BCUT2D eigenvalue weighted by atomic mass is 10.1. The molecule has 0 bridgehead atoms. The molecule has 3 N–H and O–H groups in total. The van der Waals surface area contributed by atoms with Crippen LogP contribution in [0.25, 0.3) is 11.3 Å². The van der Waals surface area contributed by atoms with Gasteiger partial charge >= 0.3 is 5.97 Å². The highest BCUT2D eigenvalue weighted by Gasteiger charge is 2.22. The van der Waals surface area contributed by atoms with Gasteiger partial charge in [-0.15, -0.1) is 0 Å². The molecule has 0 fully saturated rings. The van der Waals surface area contributed by atoms with Crippen molar-refractivity contribution in [1.82, 2.24) is 15.2 Å². The maximum absolute atomic E-state index is 11.5. The second-order valence-corrected chi connectivity index (χ2v) is 4.97.